The first-order valence-corrected chi connectivity index (χ1v) is 8.15. The lowest BCUT2D eigenvalue weighted by molar-refractivity contribution is 0.0776. The van der Waals surface area contributed by atoms with Crippen LogP contribution in [0.15, 0.2) is 27.7 Å². The molecule has 1 fully saturated rings. The van der Waals surface area contributed by atoms with Crippen molar-refractivity contribution in [2.75, 3.05) is 20.1 Å². The van der Waals surface area contributed by atoms with Crippen LogP contribution in [0.1, 0.15) is 46.3 Å². The third-order valence-corrected chi connectivity index (χ3v) is 4.37. The van der Waals surface area contributed by atoms with E-state index in [2.05, 4.69) is 15.3 Å². The lowest BCUT2D eigenvalue weighted by atomic mass is 9.95. The Morgan fingerprint density at radius 3 is 2.77 bits per heavy atom. The number of carbonyl (C=O) groups excluding carboxylic acids is 1. The Bertz CT molecular complexity index is 771. The van der Waals surface area contributed by atoms with Crippen LogP contribution < -0.4 is 10.9 Å². The molecule has 3 rings (SSSR count). The van der Waals surface area contributed by atoms with Crippen LogP contribution in [0.25, 0.3) is 0 Å². The Morgan fingerprint density at radius 2 is 2.19 bits per heavy atom. The molecule has 1 unspecified atom stereocenters. The van der Waals surface area contributed by atoms with Gasteiger partial charge in [0.2, 0.25) is 0 Å². The second-order valence-electron chi connectivity index (χ2n) is 6.23. The van der Waals surface area contributed by atoms with Gasteiger partial charge in [-0.2, -0.15) is 0 Å². The smallest absolute Gasteiger partial charge is 0.349 e. The number of amides is 1. The lowest BCUT2D eigenvalue weighted by Crippen LogP contribution is -2.33. The monoisotopic (exact) mass is 402 g/mol. The van der Waals surface area contributed by atoms with Gasteiger partial charge in [0.25, 0.3) is 5.91 Å². The third-order valence-electron chi connectivity index (χ3n) is 4.37. The summed E-state index contributed by atoms with van der Waals surface area (Å²) in [4.78, 5) is 33.5. The molecule has 9 heteroatoms. The highest BCUT2D eigenvalue weighted by Gasteiger charge is 2.24. The summed E-state index contributed by atoms with van der Waals surface area (Å²) in [6, 6.07) is 1.83. The van der Waals surface area contributed by atoms with Gasteiger partial charge >= 0.3 is 5.63 Å². The highest BCUT2D eigenvalue weighted by atomic mass is 35.5. The van der Waals surface area contributed by atoms with Gasteiger partial charge in [-0.1, -0.05) is 0 Å². The van der Waals surface area contributed by atoms with Gasteiger partial charge in [0, 0.05) is 31.9 Å². The topological polar surface area (TPSA) is 91.2 Å². The summed E-state index contributed by atoms with van der Waals surface area (Å²) in [7, 11) is 1.64. The van der Waals surface area contributed by atoms with Gasteiger partial charge in [0.1, 0.15) is 17.1 Å². The van der Waals surface area contributed by atoms with Crippen molar-refractivity contribution in [3.63, 3.8) is 0 Å². The molecule has 1 aliphatic heterocycles. The van der Waals surface area contributed by atoms with Crippen molar-refractivity contribution in [3.05, 3.63) is 51.6 Å². The van der Waals surface area contributed by atoms with Crippen LogP contribution in [-0.4, -0.2) is 40.9 Å². The fraction of sp³-hybridized carbons (Fsp3) is 0.471. The number of halogens is 2. The maximum Gasteiger partial charge on any atom is 0.349 e. The van der Waals surface area contributed by atoms with Crippen molar-refractivity contribution in [3.8, 4) is 0 Å². The van der Waals surface area contributed by atoms with Crippen molar-refractivity contribution in [2.45, 2.75) is 32.2 Å². The second kappa shape index (κ2) is 9.75. The number of aromatic nitrogens is 2. The summed E-state index contributed by atoms with van der Waals surface area (Å²) < 4.78 is 5.47. The molecule has 1 amide bonds. The molecule has 0 radical (unpaired) electrons. The van der Waals surface area contributed by atoms with E-state index >= 15 is 0 Å². The predicted octanol–water partition coefficient (Wildman–Crippen LogP) is 2.25. The first-order chi connectivity index (χ1) is 11.6. The average Bonchev–Trinajstić information content (AvgIpc) is 3.07. The van der Waals surface area contributed by atoms with Gasteiger partial charge in [0.05, 0.1) is 6.54 Å². The maximum atomic E-state index is 12.6. The number of hydrogen-bond acceptors (Lipinski definition) is 5. The van der Waals surface area contributed by atoms with Crippen LogP contribution in [0.4, 0.5) is 0 Å². The van der Waals surface area contributed by atoms with E-state index in [9.17, 15) is 9.59 Å². The molecule has 0 spiro atoms. The molecule has 1 atom stereocenters. The van der Waals surface area contributed by atoms with Gasteiger partial charge in [-0.25, -0.2) is 9.78 Å². The molecule has 144 valence electrons. The zero-order chi connectivity index (χ0) is 17.1. The number of imidazole rings is 1. The number of piperidine rings is 1. The Balaban J connectivity index is 0.00000169. The zero-order valence-electron chi connectivity index (χ0n) is 14.8. The highest BCUT2D eigenvalue weighted by molar-refractivity contribution is 5.94. The minimum atomic E-state index is -0.563. The molecular weight excluding hydrogens is 379 g/mol. The Kier molecular flexibility index (Phi) is 8.33. The van der Waals surface area contributed by atoms with Gasteiger partial charge in [-0.05, 0) is 37.9 Å². The van der Waals surface area contributed by atoms with E-state index in [0.29, 0.717) is 23.7 Å². The number of rotatable bonds is 4. The number of nitrogens with one attached hydrogen (secondary N) is 2. The summed E-state index contributed by atoms with van der Waals surface area (Å²) in [6.45, 7) is 3.88. The minimum absolute atomic E-state index is 0. The van der Waals surface area contributed by atoms with E-state index in [1.54, 1.807) is 26.4 Å². The molecule has 7 nitrogen and oxygen atoms in total. The number of carbonyl (C=O) groups is 1. The van der Waals surface area contributed by atoms with Crippen molar-refractivity contribution in [1.82, 2.24) is 20.2 Å². The van der Waals surface area contributed by atoms with E-state index in [-0.39, 0.29) is 42.2 Å². The molecule has 2 aromatic heterocycles. The normalized spacial score (nSPS) is 16.3. The molecule has 26 heavy (non-hydrogen) atoms. The van der Waals surface area contributed by atoms with Gasteiger partial charge in [-0.3, -0.25) is 4.79 Å². The number of hydrogen-bond donors (Lipinski definition) is 2. The van der Waals surface area contributed by atoms with Gasteiger partial charge < -0.3 is 19.6 Å². The molecule has 0 aromatic carbocycles. The summed E-state index contributed by atoms with van der Waals surface area (Å²) in [6.07, 6.45) is 5.36. The van der Waals surface area contributed by atoms with Gasteiger partial charge in [-0.15, -0.1) is 24.8 Å². The highest BCUT2D eigenvalue weighted by Crippen LogP contribution is 2.23. The second-order valence-corrected chi connectivity index (χ2v) is 6.23. The molecular formula is C17H24Cl2N4O3. The maximum absolute atomic E-state index is 12.6. The fourth-order valence-corrected chi connectivity index (χ4v) is 3.06. The Morgan fingerprint density at radius 1 is 1.42 bits per heavy atom. The molecule has 1 aliphatic rings. The van der Waals surface area contributed by atoms with Crippen LogP contribution in [0.2, 0.25) is 0 Å². The van der Waals surface area contributed by atoms with E-state index in [1.807, 2.05) is 6.07 Å². The predicted molar refractivity (Wildman–Crippen MR) is 103 cm³/mol. The van der Waals surface area contributed by atoms with Crippen molar-refractivity contribution >= 4 is 30.7 Å². The molecule has 2 aromatic rings. The number of nitrogens with zero attached hydrogens (tertiary/aromatic N) is 2. The van der Waals surface area contributed by atoms with Gasteiger partial charge in [0.15, 0.2) is 0 Å². The molecule has 0 aliphatic carbocycles. The summed E-state index contributed by atoms with van der Waals surface area (Å²) in [5, 5.41) is 3.30. The van der Waals surface area contributed by atoms with Crippen LogP contribution in [0.3, 0.4) is 0 Å². The largest absolute Gasteiger partial charge is 0.427 e. The quantitative estimate of drug-likeness (QED) is 0.817. The average molecular weight is 403 g/mol. The van der Waals surface area contributed by atoms with E-state index < -0.39 is 5.63 Å². The molecule has 3 heterocycles. The third kappa shape index (κ3) is 4.87. The summed E-state index contributed by atoms with van der Waals surface area (Å²) in [5.41, 5.74) is 0.187. The number of aryl methyl sites for hydroxylation is 1. The van der Waals surface area contributed by atoms with Crippen LogP contribution >= 0.6 is 24.8 Å². The van der Waals surface area contributed by atoms with E-state index in [0.717, 1.165) is 25.9 Å². The molecule has 2 N–H and O–H groups in total. The fourth-order valence-electron chi connectivity index (χ4n) is 3.06. The first kappa shape index (κ1) is 22.2. The Hall–Kier alpha value is -1.83. The first-order valence-electron chi connectivity index (χ1n) is 8.15. The van der Waals surface area contributed by atoms with E-state index in [4.69, 9.17) is 4.42 Å². The zero-order valence-corrected chi connectivity index (χ0v) is 16.4. The van der Waals surface area contributed by atoms with Crippen LogP contribution in [-0.2, 0) is 6.54 Å². The van der Waals surface area contributed by atoms with Crippen molar-refractivity contribution < 1.29 is 9.21 Å². The molecule has 0 saturated carbocycles. The Labute approximate surface area is 164 Å². The SMILES string of the molecule is Cc1cc(C2CCCNC2)oc(=O)c1C(=O)N(C)Cc1ncc[nH]1.Cl.Cl. The van der Waals surface area contributed by atoms with Crippen molar-refractivity contribution in [1.29, 1.82) is 0 Å². The summed E-state index contributed by atoms with van der Waals surface area (Å²) >= 11 is 0. The van der Waals surface area contributed by atoms with E-state index in [1.165, 1.54) is 4.90 Å². The lowest BCUT2D eigenvalue weighted by Gasteiger charge is -2.22. The van der Waals surface area contributed by atoms with Crippen LogP contribution in [0, 0.1) is 6.92 Å². The standard InChI is InChI=1S/C17H22N4O3.2ClH/c1-11-8-13(12-4-3-5-18-9-12)24-17(23)15(11)16(22)21(2)10-14-19-6-7-20-14;;/h6-8,12,18H,3-5,9-10H2,1-2H3,(H,19,20);2*1H. The van der Waals surface area contributed by atoms with Crippen molar-refractivity contribution in [2.24, 2.45) is 0 Å². The van der Waals surface area contributed by atoms with Crippen LogP contribution in [0.5, 0.6) is 0 Å². The number of H-pyrrole nitrogens is 1. The number of aromatic amines is 1. The summed E-state index contributed by atoms with van der Waals surface area (Å²) in [5.74, 6) is 1.16. The molecule has 1 saturated heterocycles. The molecule has 0 bridgehead atoms. The minimum Gasteiger partial charge on any atom is -0.427 e.